The number of sulfone groups is 1. The van der Waals surface area contributed by atoms with Gasteiger partial charge in [-0.2, -0.15) is 0 Å². The summed E-state index contributed by atoms with van der Waals surface area (Å²) in [5, 5.41) is -0.198. The first-order chi connectivity index (χ1) is 8.58. The summed E-state index contributed by atoms with van der Waals surface area (Å²) in [6.07, 6.45) is 7.63. The molecule has 5 heteroatoms. The van der Waals surface area contributed by atoms with Crippen LogP contribution in [0.1, 0.15) is 51.4 Å². The highest BCUT2D eigenvalue weighted by molar-refractivity contribution is 7.92. The van der Waals surface area contributed by atoms with Gasteiger partial charge in [-0.3, -0.25) is 0 Å². The average molecular weight is 275 g/mol. The van der Waals surface area contributed by atoms with E-state index in [1.165, 1.54) is 19.3 Å². The Morgan fingerprint density at radius 3 is 2.61 bits per heavy atom. The van der Waals surface area contributed by atoms with Crippen LogP contribution in [0, 0.1) is 0 Å². The molecule has 106 valence electrons. The molecule has 2 fully saturated rings. The minimum atomic E-state index is -2.98. The molecule has 1 spiro atoms. The molecule has 1 aliphatic heterocycles. The topological polar surface area (TPSA) is 69.4 Å². The first-order valence-corrected chi connectivity index (χ1v) is 8.85. The van der Waals surface area contributed by atoms with Crippen molar-refractivity contribution in [3.8, 4) is 0 Å². The van der Waals surface area contributed by atoms with Crippen LogP contribution in [0.5, 0.6) is 0 Å². The maximum Gasteiger partial charge on any atom is 0.153 e. The summed E-state index contributed by atoms with van der Waals surface area (Å²) >= 11 is 0. The van der Waals surface area contributed by atoms with Crippen molar-refractivity contribution in [2.24, 2.45) is 5.73 Å². The Labute approximate surface area is 110 Å². The van der Waals surface area contributed by atoms with Crippen LogP contribution in [-0.2, 0) is 14.6 Å². The molecule has 1 saturated carbocycles. The van der Waals surface area contributed by atoms with E-state index in [4.69, 9.17) is 10.5 Å². The maximum atomic E-state index is 12.3. The van der Waals surface area contributed by atoms with Crippen LogP contribution < -0.4 is 5.73 Å². The normalized spacial score (nSPS) is 28.4. The Hall–Kier alpha value is -0.130. The van der Waals surface area contributed by atoms with Gasteiger partial charge in [0.1, 0.15) is 0 Å². The SMILES string of the molecule is NCCCS(=O)(=O)C1CCOC2(CCCCC2)C1. The molecule has 0 aromatic rings. The Balaban J connectivity index is 2.01. The molecule has 0 amide bonds. The minimum Gasteiger partial charge on any atom is -0.375 e. The van der Waals surface area contributed by atoms with Crippen LogP contribution in [0.4, 0.5) is 0 Å². The third kappa shape index (κ3) is 3.25. The number of hydrogen-bond acceptors (Lipinski definition) is 4. The van der Waals surface area contributed by atoms with Crippen molar-refractivity contribution < 1.29 is 13.2 Å². The lowest BCUT2D eigenvalue weighted by atomic mass is 9.80. The molecular formula is C13H25NO3S. The highest BCUT2D eigenvalue weighted by Crippen LogP contribution is 2.40. The van der Waals surface area contributed by atoms with Crippen molar-refractivity contribution in [1.82, 2.24) is 0 Å². The molecule has 1 aliphatic carbocycles. The molecule has 2 rings (SSSR count). The molecule has 1 unspecified atom stereocenters. The fourth-order valence-electron chi connectivity index (χ4n) is 3.29. The molecule has 1 saturated heterocycles. The van der Waals surface area contributed by atoms with Gasteiger partial charge in [-0.05, 0) is 38.6 Å². The molecule has 2 aliphatic rings. The van der Waals surface area contributed by atoms with Crippen molar-refractivity contribution >= 4 is 9.84 Å². The van der Waals surface area contributed by atoms with Gasteiger partial charge in [-0.25, -0.2) is 8.42 Å². The summed E-state index contributed by atoms with van der Waals surface area (Å²) < 4.78 is 30.5. The number of nitrogens with two attached hydrogens (primary N) is 1. The van der Waals surface area contributed by atoms with Crippen LogP contribution in [0.3, 0.4) is 0 Å². The smallest absolute Gasteiger partial charge is 0.153 e. The molecule has 0 aromatic carbocycles. The van der Waals surface area contributed by atoms with Crippen LogP contribution >= 0.6 is 0 Å². The molecule has 0 aromatic heterocycles. The lowest BCUT2D eigenvalue weighted by Crippen LogP contribution is -2.46. The molecule has 1 heterocycles. The molecule has 18 heavy (non-hydrogen) atoms. The highest BCUT2D eigenvalue weighted by Gasteiger charge is 2.42. The Morgan fingerprint density at radius 1 is 1.22 bits per heavy atom. The van der Waals surface area contributed by atoms with Crippen LogP contribution in [0.2, 0.25) is 0 Å². The molecular weight excluding hydrogens is 250 g/mol. The van der Waals surface area contributed by atoms with E-state index in [0.717, 1.165) is 12.8 Å². The lowest BCUT2D eigenvalue weighted by molar-refractivity contribution is -0.0978. The van der Waals surface area contributed by atoms with Crippen LogP contribution in [-0.4, -0.2) is 38.2 Å². The summed E-state index contributed by atoms with van der Waals surface area (Å²) in [4.78, 5) is 0. The van der Waals surface area contributed by atoms with E-state index in [1.807, 2.05) is 0 Å². The zero-order valence-electron chi connectivity index (χ0n) is 11.1. The predicted octanol–water partition coefficient (Wildman–Crippen LogP) is 1.63. The van der Waals surface area contributed by atoms with Gasteiger partial charge in [0, 0.05) is 6.61 Å². The first kappa shape index (κ1) is 14.3. The summed E-state index contributed by atoms with van der Waals surface area (Å²) in [5.74, 6) is 0.240. The van der Waals surface area contributed by atoms with E-state index < -0.39 is 9.84 Å². The largest absolute Gasteiger partial charge is 0.375 e. The third-order valence-electron chi connectivity index (χ3n) is 4.35. The van der Waals surface area contributed by atoms with E-state index in [2.05, 4.69) is 0 Å². The molecule has 0 bridgehead atoms. The quantitative estimate of drug-likeness (QED) is 0.846. The van der Waals surface area contributed by atoms with Gasteiger partial charge < -0.3 is 10.5 Å². The van der Waals surface area contributed by atoms with Gasteiger partial charge in [-0.1, -0.05) is 19.3 Å². The number of rotatable bonds is 4. The second-order valence-electron chi connectivity index (χ2n) is 5.72. The average Bonchev–Trinajstić information content (AvgIpc) is 2.37. The summed E-state index contributed by atoms with van der Waals surface area (Å²) in [6, 6.07) is 0. The summed E-state index contributed by atoms with van der Waals surface area (Å²) in [5.41, 5.74) is 5.28. The lowest BCUT2D eigenvalue weighted by Gasteiger charge is -2.43. The highest BCUT2D eigenvalue weighted by atomic mass is 32.2. The van der Waals surface area contributed by atoms with E-state index in [9.17, 15) is 8.42 Å². The van der Waals surface area contributed by atoms with Crippen molar-refractivity contribution in [3.63, 3.8) is 0 Å². The molecule has 0 radical (unpaired) electrons. The predicted molar refractivity (Wildman–Crippen MR) is 72.2 cm³/mol. The second-order valence-corrected chi connectivity index (χ2v) is 8.12. The van der Waals surface area contributed by atoms with Gasteiger partial charge in [-0.15, -0.1) is 0 Å². The van der Waals surface area contributed by atoms with Crippen molar-refractivity contribution in [2.75, 3.05) is 18.9 Å². The zero-order valence-corrected chi connectivity index (χ0v) is 11.9. The number of hydrogen-bond donors (Lipinski definition) is 1. The Morgan fingerprint density at radius 2 is 1.94 bits per heavy atom. The van der Waals surface area contributed by atoms with E-state index >= 15 is 0 Å². The van der Waals surface area contributed by atoms with Crippen LogP contribution in [0.25, 0.3) is 0 Å². The zero-order chi connectivity index (χ0) is 13.1. The van der Waals surface area contributed by atoms with E-state index in [1.54, 1.807) is 0 Å². The fourth-order valence-corrected chi connectivity index (χ4v) is 5.20. The van der Waals surface area contributed by atoms with Crippen molar-refractivity contribution in [3.05, 3.63) is 0 Å². The first-order valence-electron chi connectivity index (χ1n) is 7.14. The third-order valence-corrected chi connectivity index (χ3v) is 6.63. The van der Waals surface area contributed by atoms with Crippen LogP contribution in [0.15, 0.2) is 0 Å². The summed E-state index contributed by atoms with van der Waals surface area (Å²) in [7, 11) is -2.98. The van der Waals surface area contributed by atoms with Gasteiger partial charge in [0.2, 0.25) is 0 Å². The molecule has 1 atom stereocenters. The van der Waals surface area contributed by atoms with E-state index in [0.29, 0.717) is 32.4 Å². The van der Waals surface area contributed by atoms with Gasteiger partial charge >= 0.3 is 0 Å². The number of ether oxygens (including phenoxy) is 1. The standard InChI is InChI=1S/C13H25NO3S/c14-8-4-10-18(15,16)12-5-9-17-13(11-12)6-2-1-3-7-13/h12H,1-11,14H2. The Bertz CT molecular complexity index is 355. The van der Waals surface area contributed by atoms with Gasteiger partial charge in [0.05, 0.1) is 16.6 Å². The van der Waals surface area contributed by atoms with Gasteiger partial charge in [0.25, 0.3) is 0 Å². The molecule has 4 nitrogen and oxygen atoms in total. The summed E-state index contributed by atoms with van der Waals surface area (Å²) in [6.45, 7) is 1.06. The fraction of sp³-hybridized carbons (Fsp3) is 1.00. The minimum absolute atomic E-state index is 0.128. The van der Waals surface area contributed by atoms with Crippen molar-refractivity contribution in [2.45, 2.75) is 62.2 Å². The second kappa shape index (κ2) is 5.88. The van der Waals surface area contributed by atoms with Gasteiger partial charge in [0.15, 0.2) is 9.84 Å². The van der Waals surface area contributed by atoms with Crippen molar-refractivity contribution in [1.29, 1.82) is 0 Å². The Kier molecular flexibility index (Phi) is 4.67. The monoisotopic (exact) mass is 275 g/mol. The molecule has 2 N–H and O–H groups in total. The van der Waals surface area contributed by atoms with E-state index in [-0.39, 0.29) is 16.6 Å². The maximum absolute atomic E-state index is 12.3.